The molecule has 2 aliphatic rings. The van der Waals surface area contributed by atoms with Crippen molar-refractivity contribution in [3.8, 4) is 6.07 Å². The fourth-order valence-corrected chi connectivity index (χ4v) is 2.09. The van der Waals surface area contributed by atoms with Crippen molar-refractivity contribution >= 4 is 5.78 Å². The molecule has 1 N–H and O–H groups in total. The van der Waals surface area contributed by atoms with Gasteiger partial charge in [0.25, 0.3) is 0 Å². The molecule has 0 saturated carbocycles. The highest BCUT2D eigenvalue weighted by Crippen LogP contribution is 2.25. The average molecular weight is 202 g/mol. The molecule has 0 aliphatic heterocycles. The highest BCUT2D eigenvalue weighted by Gasteiger charge is 2.16. The van der Waals surface area contributed by atoms with Gasteiger partial charge in [0, 0.05) is 29.5 Å². The Kier molecular flexibility index (Phi) is 2.86. The van der Waals surface area contributed by atoms with Crippen LogP contribution in [0.2, 0.25) is 0 Å². The van der Waals surface area contributed by atoms with Gasteiger partial charge >= 0.3 is 0 Å². The minimum Gasteiger partial charge on any atom is -0.361 e. The van der Waals surface area contributed by atoms with Crippen LogP contribution in [-0.4, -0.2) is 5.78 Å². The van der Waals surface area contributed by atoms with Crippen LogP contribution in [0.15, 0.2) is 23.0 Å². The molecule has 78 valence electrons. The van der Waals surface area contributed by atoms with E-state index in [1.807, 2.05) is 0 Å². The van der Waals surface area contributed by atoms with Crippen molar-refractivity contribution in [2.24, 2.45) is 0 Å². The van der Waals surface area contributed by atoms with E-state index in [4.69, 9.17) is 5.26 Å². The predicted octanol–water partition coefficient (Wildman–Crippen LogP) is 2.17. The summed E-state index contributed by atoms with van der Waals surface area (Å²) in [4.78, 5) is 11.2. The number of carbonyl (C=O) groups excluding carboxylic acids is 1. The summed E-state index contributed by atoms with van der Waals surface area (Å²) in [6, 6.07) is 2.22. The fourth-order valence-electron chi connectivity index (χ4n) is 2.09. The summed E-state index contributed by atoms with van der Waals surface area (Å²) in [5.74, 6) is 0.195. The Morgan fingerprint density at radius 2 is 2.00 bits per heavy atom. The van der Waals surface area contributed by atoms with E-state index in [0.29, 0.717) is 6.42 Å². The number of rotatable bonds is 2. The lowest BCUT2D eigenvalue weighted by Gasteiger charge is -2.15. The summed E-state index contributed by atoms with van der Waals surface area (Å²) in [7, 11) is 0. The Morgan fingerprint density at radius 3 is 2.73 bits per heavy atom. The minimum atomic E-state index is 0.195. The van der Waals surface area contributed by atoms with Crippen LogP contribution in [0.5, 0.6) is 0 Å². The normalized spacial score (nSPS) is 21.3. The predicted molar refractivity (Wildman–Crippen MR) is 56.6 cm³/mol. The second kappa shape index (κ2) is 4.31. The van der Waals surface area contributed by atoms with Gasteiger partial charge in [-0.05, 0) is 32.1 Å². The topological polar surface area (TPSA) is 52.9 Å². The first-order valence-electron chi connectivity index (χ1n) is 5.42. The molecule has 0 radical (unpaired) electrons. The molecule has 0 fully saturated rings. The SMILES string of the molecule is N#CC1=C(NC2=CC(=O)CCC2)CCC1. The van der Waals surface area contributed by atoms with Gasteiger partial charge in [0.1, 0.15) is 0 Å². The molecule has 3 heteroatoms. The quantitative estimate of drug-likeness (QED) is 0.746. The standard InChI is InChI=1S/C12H14N2O/c13-8-9-3-1-6-12(9)14-10-4-2-5-11(15)7-10/h7,14H,1-6H2. The van der Waals surface area contributed by atoms with Crippen LogP contribution in [0.4, 0.5) is 0 Å². The molecular formula is C12H14N2O. The first kappa shape index (κ1) is 9.97. The largest absolute Gasteiger partial charge is 0.361 e. The van der Waals surface area contributed by atoms with Gasteiger partial charge < -0.3 is 5.32 Å². The minimum absolute atomic E-state index is 0.195. The van der Waals surface area contributed by atoms with E-state index >= 15 is 0 Å². The molecule has 0 unspecified atom stereocenters. The van der Waals surface area contributed by atoms with E-state index in [1.165, 1.54) is 0 Å². The average Bonchev–Trinajstić information content (AvgIpc) is 2.65. The van der Waals surface area contributed by atoms with Gasteiger partial charge in [0.2, 0.25) is 0 Å². The summed E-state index contributed by atoms with van der Waals surface area (Å²) < 4.78 is 0. The lowest BCUT2D eigenvalue weighted by Crippen LogP contribution is -2.17. The molecule has 0 saturated heterocycles. The molecule has 2 aliphatic carbocycles. The Balaban J connectivity index is 2.09. The molecule has 0 heterocycles. The van der Waals surface area contributed by atoms with E-state index in [0.717, 1.165) is 49.1 Å². The molecule has 2 rings (SSSR count). The van der Waals surface area contributed by atoms with Crippen LogP contribution in [-0.2, 0) is 4.79 Å². The third kappa shape index (κ3) is 2.27. The summed E-state index contributed by atoms with van der Waals surface area (Å²) in [5, 5.41) is 12.1. The first-order valence-corrected chi connectivity index (χ1v) is 5.42. The summed E-state index contributed by atoms with van der Waals surface area (Å²) in [5.41, 5.74) is 2.86. The highest BCUT2D eigenvalue weighted by atomic mass is 16.1. The van der Waals surface area contributed by atoms with Crippen molar-refractivity contribution < 1.29 is 4.79 Å². The fraction of sp³-hybridized carbons (Fsp3) is 0.500. The zero-order valence-electron chi connectivity index (χ0n) is 8.68. The van der Waals surface area contributed by atoms with Crippen LogP contribution in [0.3, 0.4) is 0 Å². The Labute approximate surface area is 89.5 Å². The molecule has 0 spiro atoms. The maximum absolute atomic E-state index is 11.2. The number of nitrogens with zero attached hydrogens (tertiary/aromatic N) is 1. The summed E-state index contributed by atoms with van der Waals surface area (Å²) >= 11 is 0. The number of nitriles is 1. The van der Waals surface area contributed by atoms with Crippen LogP contribution in [0, 0.1) is 11.3 Å². The molecule has 15 heavy (non-hydrogen) atoms. The van der Waals surface area contributed by atoms with Gasteiger partial charge in [-0.15, -0.1) is 0 Å². The molecule has 0 amide bonds. The Morgan fingerprint density at radius 1 is 1.20 bits per heavy atom. The molecule has 0 aromatic rings. The monoisotopic (exact) mass is 202 g/mol. The smallest absolute Gasteiger partial charge is 0.157 e. The number of allylic oxidation sites excluding steroid dienone is 4. The Bertz CT molecular complexity index is 385. The van der Waals surface area contributed by atoms with Gasteiger partial charge in [-0.1, -0.05) is 0 Å². The van der Waals surface area contributed by atoms with E-state index in [2.05, 4.69) is 11.4 Å². The number of nitrogens with one attached hydrogen (secondary N) is 1. The third-order valence-corrected chi connectivity index (χ3v) is 2.87. The highest BCUT2D eigenvalue weighted by molar-refractivity contribution is 5.91. The number of carbonyl (C=O) groups is 1. The zero-order valence-corrected chi connectivity index (χ0v) is 8.68. The molecular weight excluding hydrogens is 188 g/mol. The second-order valence-electron chi connectivity index (χ2n) is 4.04. The molecule has 0 bridgehead atoms. The molecule has 3 nitrogen and oxygen atoms in total. The van der Waals surface area contributed by atoms with Crippen molar-refractivity contribution in [1.29, 1.82) is 5.26 Å². The van der Waals surface area contributed by atoms with Crippen LogP contribution in [0.1, 0.15) is 38.5 Å². The number of ketones is 1. The summed E-state index contributed by atoms with van der Waals surface area (Å²) in [6.07, 6.45) is 7.06. The van der Waals surface area contributed by atoms with Crippen molar-refractivity contribution in [1.82, 2.24) is 5.32 Å². The van der Waals surface area contributed by atoms with Gasteiger partial charge in [0.05, 0.1) is 6.07 Å². The maximum Gasteiger partial charge on any atom is 0.157 e. The van der Waals surface area contributed by atoms with Gasteiger partial charge in [0.15, 0.2) is 5.78 Å². The Hall–Kier alpha value is -1.56. The molecule has 0 aromatic carbocycles. The maximum atomic E-state index is 11.2. The van der Waals surface area contributed by atoms with Crippen molar-refractivity contribution in [2.45, 2.75) is 38.5 Å². The van der Waals surface area contributed by atoms with Gasteiger partial charge in [-0.2, -0.15) is 5.26 Å². The van der Waals surface area contributed by atoms with Crippen LogP contribution >= 0.6 is 0 Å². The van der Waals surface area contributed by atoms with E-state index in [1.54, 1.807) is 6.08 Å². The van der Waals surface area contributed by atoms with E-state index < -0.39 is 0 Å². The second-order valence-corrected chi connectivity index (χ2v) is 4.04. The number of hydrogen-bond donors (Lipinski definition) is 1. The molecule has 0 aromatic heterocycles. The van der Waals surface area contributed by atoms with Crippen molar-refractivity contribution in [3.05, 3.63) is 23.0 Å². The van der Waals surface area contributed by atoms with Crippen molar-refractivity contribution in [3.63, 3.8) is 0 Å². The lowest BCUT2D eigenvalue weighted by atomic mass is 10.0. The van der Waals surface area contributed by atoms with Crippen LogP contribution in [0.25, 0.3) is 0 Å². The van der Waals surface area contributed by atoms with Crippen molar-refractivity contribution in [2.75, 3.05) is 0 Å². The zero-order chi connectivity index (χ0) is 10.7. The number of hydrogen-bond acceptors (Lipinski definition) is 3. The summed E-state index contributed by atoms with van der Waals surface area (Å²) in [6.45, 7) is 0. The third-order valence-electron chi connectivity index (χ3n) is 2.87. The van der Waals surface area contributed by atoms with E-state index in [9.17, 15) is 4.79 Å². The van der Waals surface area contributed by atoms with Gasteiger partial charge in [-0.25, -0.2) is 0 Å². The van der Waals surface area contributed by atoms with Gasteiger partial charge in [-0.3, -0.25) is 4.79 Å². The molecule has 0 atom stereocenters. The van der Waals surface area contributed by atoms with E-state index in [-0.39, 0.29) is 5.78 Å². The first-order chi connectivity index (χ1) is 7.29. The lowest BCUT2D eigenvalue weighted by molar-refractivity contribution is -0.115. The van der Waals surface area contributed by atoms with Crippen LogP contribution < -0.4 is 5.32 Å².